The Kier molecular flexibility index (Phi) is 4.48. The number of halogens is 1. The number of anilines is 2. The molecule has 2 rings (SSSR count). The molecule has 0 spiro atoms. The number of amides is 1. The standard InChI is InChI=1S/C15H15ClN2O2/c16-12-8-11(9-13(17)15(12)20)18-14(19)7-6-10-4-2-1-3-5-10/h1-5,8-9,20H,6-7,17H2,(H,18,19). The monoisotopic (exact) mass is 290 g/mol. The molecule has 0 aliphatic heterocycles. The number of rotatable bonds is 4. The molecule has 2 aromatic rings. The first-order valence-electron chi connectivity index (χ1n) is 6.18. The summed E-state index contributed by atoms with van der Waals surface area (Å²) in [6.07, 6.45) is 1.02. The zero-order valence-electron chi connectivity index (χ0n) is 10.8. The van der Waals surface area contributed by atoms with Crippen LogP contribution in [0.4, 0.5) is 11.4 Å². The molecule has 0 heterocycles. The first-order chi connectivity index (χ1) is 9.56. The number of phenolic OH excluding ortho intramolecular Hbond substituents is 1. The molecule has 0 bridgehead atoms. The van der Waals surface area contributed by atoms with E-state index in [1.165, 1.54) is 12.1 Å². The predicted molar refractivity (Wildman–Crippen MR) is 80.9 cm³/mol. The number of aromatic hydroxyl groups is 1. The third kappa shape index (κ3) is 3.65. The van der Waals surface area contributed by atoms with Crippen molar-refractivity contribution in [1.82, 2.24) is 0 Å². The normalized spacial score (nSPS) is 10.2. The summed E-state index contributed by atoms with van der Waals surface area (Å²) in [6.45, 7) is 0. The number of hydrogen-bond donors (Lipinski definition) is 3. The molecular formula is C15H15ClN2O2. The number of nitrogen functional groups attached to an aromatic ring is 1. The van der Waals surface area contributed by atoms with E-state index in [1.807, 2.05) is 30.3 Å². The van der Waals surface area contributed by atoms with Crippen LogP contribution in [0.15, 0.2) is 42.5 Å². The van der Waals surface area contributed by atoms with Gasteiger partial charge in [0.05, 0.1) is 10.7 Å². The molecule has 0 atom stereocenters. The maximum Gasteiger partial charge on any atom is 0.224 e. The summed E-state index contributed by atoms with van der Waals surface area (Å²) in [6, 6.07) is 12.7. The Morgan fingerprint density at radius 1 is 1.25 bits per heavy atom. The molecule has 2 aromatic carbocycles. The quantitative estimate of drug-likeness (QED) is 0.460. The SMILES string of the molecule is Nc1cc(NC(=O)CCc2ccccc2)cc(Cl)c1O. The van der Waals surface area contributed by atoms with Gasteiger partial charge in [-0.2, -0.15) is 0 Å². The van der Waals surface area contributed by atoms with Crippen molar-refractivity contribution in [2.75, 3.05) is 11.1 Å². The van der Waals surface area contributed by atoms with Gasteiger partial charge in [0, 0.05) is 12.1 Å². The van der Waals surface area contributed by atoms with Crippen LogP contribution in [0, 0.1) is 0 Å². The van der Waals surface area contributed by atoms with Gasteiger partial charge in [-0.25, -0.2) is 0 Å². The second-order valence-electron chi connectivity index (χ2n) is 4.43. The molecule has 0 saturated heterocycles. The molecule has 1 amide bonds. The molecular weight excluding hydrogens is 276 g/mol. The average molecular weight is 291 g/mol. The van der Waals surface area contributed by atoms with Crippen LogP contribution in [-0.4, -0.2) is 11.0 Å². The largest absolute Gasteiger partial charge is 0.504 e. The lowest BCUT2D eigenvalue weighted by atomic mass is 10.1. The van der Waals surface area contributed by atoms with Crippen LogP contribution in [0.25, 0.3) is 0 Å². The number of hydrogen-bond acceptors (Lipinski definition) is 3. The first kappa shape index (κ1) is 14.2. The fraction of sp³-hybridized carbons (Fsp3) is 0.133. The average Bonchev–Trinajstić information content (AvgIpc) is 2.43. The predicted octanol–water partition coefficient (Wildman–Crippen LogP) is 3.20. The molecule has 0 aliphatic rings. The molecule has 20 heavy (non-hydrogen) atoms. The second kappa shape index (κ2) is 6.30. The van der Waals surface area contributed by atoms with Gasteiger partial charge in [-0.05, 0) is 24.1 Å². The Hall–Kier alpha value is -2.20. The highest BCUT2D eigenvalue weighted by Gasteiger charge is 2.08. The van der Waals surface area contributed by atoms with Gasteiger partial charge in [-0.15, -0.1) is 0 Å². The zero-order valence-corrected chi connectivity index (χ0v) is 11.5. The number of nitrogens with one attached hydrogen (secondary N) is 1. The smallest absolute Gasteiger partial charge is 0.224 e. The Bertz CT molecular complexity index is 592. The Labute approximate surface area is 122 Å². The fourth-order valence-electron chi connectivity index (χ4n) is 1.82. The van der Waals surface area contributed by atoms with E-state index in [9.17, 15) is 9.90 Å². The number of benzene rings is 2. The molecule has 0 aliphatic carbocycles. The summed E-state index contributed by atoms with van der Waals surface area (Å²) < 4.78 is 0. The van der Waals surface area contributed by atoms with E-state index in [0.29, 0.717) is 18.5 Å². The lowest BCUT2D eigenvalue weighted by Gasteiger charge is -2.08. The van der Waals surface area contributed by atoms with Crippen molar-refractivity contribution in [1.29, 1.82) is 0 Å². The third-order valence-electron chi connectivity index (χ3n) is 2.86. The van der Waals surface area contributed by atoms with E-state index < -0.39 is 0 Å². The van der Waals surface area contributed by atoms with Gasteiger partial charge in [-0.1, -0.05) is 41.9 Å². The van der Waals surface area contributed by atoms with Crippen molar-refractivity contribution >= 4 is 28.9 Å². The van der Waals surface area contributed by atoms with Gasteiger partial charge < -0.3 is 16.2 Å². The number of nitrogens with two attached hydrogens (primary N) is 1. The fourth-order valence-corrected chi connectivity index (χ4v) is 2.05. The van der Waals surface area contributed by atoms with Crippen LogP contribution in [-0.2, 0) is 11.2 Å². The van der Waals surface area contributed by atoms with Crippen molar-refractivity contribution in [2.45, 2.75) is 12.8 Å². The van der Waals surface area contributed by atoms with Crippen LogP contribution in [0.3, 0.4) is 0 Å². The highest BCUT2D eigenvalue weighted by molar-refractivity contribution is 6.32. The molecule has 0 fully saturated rings. The lowest BCUT2D eigenvalue weighted by molar-refractivity contribution is -0.116. The van der Waals surface area contributed by atoms with E-state index in [-0.39, 0.29) is 22.4 Å². The summed E-state index contributed by atoms with van der Waals surface area (Å²) in [5.41, 5.74) is 7.29. The van der Waals surface area contributed by atoms with E-state index in [0.717, 1.165) is 5.56 Å². The van der Waals surface area contributed by atoms with Crippen molar-refractivity contribution in [2.24, 2.45) is 0 Å². The summed E-state index contributed by atoms with van der Waals surface area (Å²) in [5, 5.41) is 12.3. The number of phenols is 1. The van der Waals surface area contributed by atoms with E-state index in [4.69, 9.17) is 17.3 Å². The van der Waals surface area contributed by atoms with Gasteiger partial charge in [0.2, 0.25) is 5.91 Å². The van der Waals surface area contributed by atoms with Crippen molar-refractivity contribution in [3.05, 3.63) is 53.1 Å². The van der Waals surface area contributed by atoms with Crippen molar-refractivity contribution in [3.63, 3.8) is 0 Å². The van der Waals surface area contributed by atoms with Gasteiger partial charge in [0.1, 0.15) is 0 Å². The first-order valence-corrected chi connectivity index (χ1v) is 6.56. The third-order valence-corrected chi connectivity index (χ3v) is 3.15. The zero-order chi connectivity index (χ0) is 14.5. The molecule has 0 saturated carbocycles. The minimum atomic E-state index is -0.172. The second-order valence-corrected chi connectivity index (χ2v) is 4.84. The molecule has 0 aromatic heterocycles. The van der Waals surface area contributed by atoms with Crippen LogP contribution in [0.1, 0.15) is 12.0 Å². The Morgan fingerprint density at radius 3 is 2.60 bits per heavy atom. The lowest BCUT2D eigenvalue weighted by Crippen LogP contribution is -2.12. The summed E-state index contributed by atoms with van der Waals surface area (Å²) >= 11 is 5.79. The Morgan fingerprint density at radius 2 is 1.95 bits per heavy atom. The summed E-state index contributed by atoms with van der Waals surface area (Å²) in [4.78, 5) is 11.8. The minimum Gasteiger partial charge on any atom is -0.504 e. The van der Waals surface area contributed by atoms with Gasteiger partial charge in [0.15, 0.2) is 5.75 Å². The number of carbonyl (C=O) groups excluding carboxylic acids is 1. The molecule has 4 N–H and O–H groups in total. The highest BCUT2D eigenvalue weighted by Crippen LogP contribution is 2.33. The molecule has 4 nitrogen and oxygen atoms in total. The van der Waals surface area contributed by atoms with E-state index in [1.54, 1.807) is 0 Å². The minimum absolute atomic E-state index is 0.114. The van der Waals surface area contributed by atoms with Crippen LogP contribution >= 0.6 is 11.6 Å². The Balaban J connectivity index is 1.95. The highest BCUT2D eigenvalue weighted by atomic mass is 35.5. The summed E-state index contributed by atoms with van der Waals surface area (Å²) in [7, 11) is 0. The topological polar surface area (TPSA) is 75.3 Å². The maximum atomic E-state index is 11.8. The number of carbonyl (C=O) groups is 1. The van der Waals surface area contributed by atoms with Crippen molar-refractivity contribution in [3.8, 4) is 5.75 Å². The van der Waals surface area contributed by atoms with E-state index in [2.05, 4.69) is 5.32 Å². The van der Waals surface area contributed by atoms with E-state index >= 15 is 0 Å². The number of aryl methyl sites for hydroxylation is 1. The van der Waals surface area contributed by atoms with Crippen LogP contribution in [0.2, 0.25) is 5.02 Å². The molecule has 0 radical (unpaired) electrons. The molecule has 104 valence electrons. The molecule has 0 unspecified atom stereocenters. The van der Waals surface area contributed by atoms with Gasteiger partial charge in [-0.3, -0.25) is 4.79 Å². The van der Waals surface area contributed by atoms with Gasteiger partial charge in [0.25, 0.3) is 0 Å². The maximum absolute atomic E-state index is 11.8. The summed E-state index contributed by atoms with van der Waals surface area (Å²) in [5.74, 6) is -0.302. The van der Waals surface area contributed by atoms with Crippen LogP contribution < -0.4 is 11.1 Å². The van der Waals surface area contributed by atoms with Crippen molar-refractivity contribution < 1.29 is 9.90 Å². The van der Waals surface area contributed by atoms with Crippen LogP contribution in [0.5, 0.6) is 5.75 Å². The van der Waals surface area contributed by atoms with Gasteiger partial charge >= 0.3 is 0 Å². The molecule has 5 heteroatoms.